The number of anilines is 2. The van der Waals surface area contributed by atoms with E-state index in [0.717, 1.165) is 5.56 Å². The van der Waals surface area contributed by atoms with Gasteiger partial charge in [-0.05, 0) is 19.1 Å². The molecule has 7 nitrogen and oxygen atoms in total. The lowest BCUT2D eigenvalue weighted by Crippen LogP contribution is -2.10. The molecule has 108 valence electrons. The van der Waals surface area contributed by atoms with Crippen molar-refractivity contribution in [3.8, 4) is 17.9 Å². The van der Waals surface area contributed by atoms with Gasteiger partial charge in [0, 0.05) is 12.6 Å². The maximum atomic E-state index is 11.2. The third kappa shape index (κ3) is 3.35. The van der Waals surface area contributed by atoms with Crippen LogP contribution in [0.2, 0.25) is 0 Å². The third-order valence-electron chi connectivity index (χ3n) is 2.63. The maximum absolute atomic E-state index is 11.2. The first-order valence-corrected chi connectivity index (χ1v) is 6.28. The van der Waals surface area contributed by atoms with Crippen LogP contribution in [0.4, 0.5) is 11.5 Å². The fraction of sp³-hybridized carbons (Fsp3) is 0.133. The van der Waals surface area contributed by atoms with Crippen molar-refractivity contribution in [3.63, 3.8) is 0 Å². The quantitative estimate of drug-likeness (QED) is 0.863. The molecule has 0 atom stereocenters. The van der Waals surface area contributed by atoms with E-state index in [2.05, 4.69) is 15.3 Å². The molecule has 0 saturated heterocycles. The van der Waals surface area contributed by atoms with Gasteiger partial charge in [-0.25, -0.2) is 4.98 Å². The first kappa shape index (κ1) is 14.9. The normalized spacial score (nSPS) is 9.45. The molecule has 2 rings (SSSR count). The lowest BCUT2D eigenvalue weighted by Gasteiger charge is -2.11. The lowest BCUT2D eigenvalue weighted by atomic mass is 10.2. The van der Waals surface area contributed by atoms with Crippen molar-refractivity contribution in [3.05, 3.63) is 41.3 Å². The number of carbonyl (C=O) groups excluding carboxylic acids is 1. The molecule has 0 aliphatic rings. The molecule has 0 amide bonds. The first-order valence-electron chi connectivity index (χ1n) is 6.28. The number of aryl methyl sites for hydroxylation is 1. The van der Waals surface area contributed by atoms with Crippen LogP contribution in [0.5, 0.6) is 5.75 Å². The van der Waals surface area contributed by atoms with Crippen LogP contribution in [-0.4, -0.2) is 15.9 Å². The van der Waals surface area contributed by atoms with Gasteiger partial charge in [0.2, 0.25) is 11.6 Å². The van der Waals surface area contributed by atoms with Gasteiger partial charge in [0.1, 0.15) is 12.1 Å². The number of benzene rings is 1. The molecule has 0 aliphatic heterocycles. The van der Waals surface area contributed by atoms with Gasteiger partial charge in [0.15, 0.2) is 11.5 Å². The molecule has 1 aromatic carbocycles. The zero-order valence-electron chi connectivity index (χ0n) is 11.9. The van der Waals surface area contributed by atoms with E-state index in [1.54, 1.807) is 24.3 Å². The Labute approximate surface area is 126 Å². The third-order valence-corrected chi connectivity index (χ3v) is 2.63. The summed E-state index contributed by atoms with van der Waals surface area (Å²) in [7, 11) is 0. The number of nitrogens with one attached hydrogen (secondary N) is 1. The van der Waals surface area contributed by atoms with E-state index in [9.17, 15) is 4.79 Å². The number of aromatic nitrogens is 2. The van der Waals surface area contributed by atoms with E-state index < -0.39 is 5.97 Å². The molecule has 0 fully saturated rings. The van der Waals surface area contributed by atoms with Gasteiger partial charge >= 0.3 is 5.97 Å². The summed E-state index contributed by atoms with van der Waals surface area (Å²) in [5, 5.41) is 21.0. The van der Waals surface area contributed by atoms with E-state index in [1.807, 2.05) is 19.1 Å². The second-order valence-corrected chi connectivity index (χ2v) is 4.38. The summed E-state index contributed by atoms with van der Waals surface area (Å²) in [4.78, 5) is 18.9. The minimum Gasteiger partial charge on any atom is -0.420 e. The monoisotopic (exact) mass is 293 g/mol. The number of rotatable bonds is 3. The van der Waals surface area contributed by atoms with Crippen LogP contribution in [0.3, 0.4) is 0 Å². The van der Waals surface area contributed by atoms with Crippen molar-refractivity contribution in [1.29, 1.82) is 10.5 Å². The summed E-state index contributed by atoms with van der Waals surface area (Å²) in [6.45, 7) is 3.15. The van der Waals surface area contributed by atoms with Crippen LogP contribution in [0.15, 0.2) is 24.3 Å². The Balaban J connectivity index is 2.51. The number of nitrogens with zero attached hydrogens (tertiary/aromatic N) is 4. The van der Waals surface area contributed by atoms with Crippen molar-refractivity contribution < 1.29 is 9.53 Å². The molecule has 2 aromatic rings. The zero-order valence-corrected chi connectivity index (χ0v) is 11.9. The highest BCUT2D eigenvalue weighted by Crippen LogP contribution is 2.28. The Kier molecular flexibility index (Phi) is 4.30. The fourth-order valence-electron chi connectivity index (χ4n) is 1.68. The predicted molar refractivity (Wildman–Crippen MR) is 77.2 cm³/mol. The second-order valence-electron chi connectivity index (χ2n) is 4.38. The van der Waals surface area contributed by atoms with Crippen molar-refractivity contribution in [2.45, 2.75) is 13.8 Å². The molecule has 1 N–H and O–H groups in total. The average Bonchev–Trinajstić information content (AvgIpc) is 2.50. The van der Waals surface area contributed by atoms with E-state index in [4.69, 9.17) is 15.3 Å². The topological polar surface area (TPSA) is 112 Å². The van der Waals surface area contributed by atoms with Crippen LogP contribution in [-0.2, 0) is 4.79 Å². The van der Waals surface area contributed by atoms with E-state index in [-0.39, 0.29) is 23.1 Å². The van der Waals surface area contributed by atoms with Crippen LogP contribution in [0.25, 0.3) is 0 Å². The van der Waals surface area contributed by atoms with Gasteiger partial charge < -0.3 is 10.1 Å². The number of hydrogen-bond donors (Lipinski definition) is 1. The summed E-state index contributed by atoms with van der Waals surface area (Å²) < 4.78 is 5.00. The lowest BCUT2D eigenvalue weighted by molar-refractivity contribution is -0.131. The number of ether oxygens (including phenoxy) is 1. The Morgan fingerprint density at radius 2 is 1.86 bits per heavy atom. The van der Waals surface area contributed by atoms with Gasteiger partial charge in [-0.15, -0.1) is 0 Å². The molecule has 0 bridgehead atoms. The fourth-order valence-corrected chi connectivity index (χ4v) is 1.68. The van der Waals surface area contributed by atoms with Gasteiger partial charge in [-0.1, -0.05) is 17.7 Å². The summed E-state index contributed by atoms with van der Waals surface area (Å²) >= 11 is 0. The van der Waals surface area contributed by atoms with E-state index in [0.29, 0.717) is 5.69 Å². The SMILES string of the molecule is CC(=O)Oc1c(C#N)nc(C#N)nc1Nc1ccc(C)cc1. The molecule has 7 heteroatoms. The van der Waals surface area contributed by atoms with Crippen LogP contribution < -0.4 is 10.1 Å². The largest absolute Gasteiger partial charge is 0.420 e. The number of esters is 1. The summed E-state index contributed by atoms with van der Waals surface area (Å²) in [5.41, 5.74) is 1.56. The van der Waals surface area contributed by atoms with Gasteiger partial charge in [-0.3, -0.25) is 4.79 Å². The molecule has 22 heavy (non-hydrogen) atoms. The van der Waals surface area contributed by atoms with Gasteiger partial charge in [0.25, 0.3) is 0 Å². The standard InChI is InChI=1S/C15H11N5O2/c1-9-3-5-11(6-4-9)18-15-14(22-10(2)21)12(7-16)19-13(8-17)20-15/h3-6H,1-2H3,(H,18,19,20). The van der Waals surface area contributed by atoms with Crippen molar-refractivity contribution in [2.24, 2.45) is 0 Å². The highest BCUT2D eigenvalue weighted by atomic mass is 16.5. The molecular formula is C15H11N5O2. The smallest absolute Gasteiger partial charge is 0.308 e. The molecule has 0 saturated carbocycles. The molecule has 0 spiro atoms. The highest BCUT2D eigenvalue weighted by Gasteiger charge is 2.18. The van der Waals surface area contributed by atoms with Crippen LogP contribution >= 0.6 is 0 Å². The molecule has 1 heterocycles. The van der Waals surface area contributed by atoms with Crippen LogP contribution in [0, 0.1) is 29.6 Å². The maximum Gasteiger partial charge on any atom is 0.308 e. The summed E-state index contributed by atoms with van der Waals surface area (Å²) in [5.74, 6) is -0.824. The Morgan fingerprint density at radius 3 is 2.41 bits per heavy atom. The minimum atomic E-state index is -0.614. The molecule has 1 aromatic heterocycles. The molecule has 0 aliphatic carbocycles. The van der Waals surface area contributed by atoms with E-state index in [1.165, 1.54) is 6.92 Å². The van der Waals surface area contributed by atoms with Crippen molar-refractivity contribution in [2.75, 3.05) is 5.32 Å². The van der Waals surface area contributed by atoms with Crippen LogP contribution in [0.1, 0.15) is 24.0 Å². The summed E-state index contributed by atoms with van der Waals surface area (Å²) in [6.07, 6.45) is 0. The molecule has 0 radical (unpaired) electrons. The van der Waals surface area contributed by atoms with Gasteiger partial charge in [0.05, 0.1) is 0 Å². The summed E-state index contributed by atoms with van der Waals surface area (Å²) in [6, 6.07) is 10.9. The van der Waals surface area contributed by atoms with Gasteiger partial charge in [-0.2, -0.15) is 15.5 Å². The number of carbonyl (C=O) groups is 1. The Bertz CT molecular complexity index is 800. The number of nitriles is 2. The Hall–Kier alpha value is -3.45. The zero-order chi connectivity index (χ0) is 16.1. The minimum absolute atomic E-state index is 0.0853. The highest BCUT2D eigenvalue weighted by molar-refractivity contribution is 5.75. The van der Waals surface area contributed by atoms with E-state index >= 15 is 0 Å². The Morgan fingerprint density at radius 1 is 1.18 bits per heavy atom. The van der Waals surface area contributed by atoms with Crippen molar-refractivity contribution in [1.82, 2.24) is 9.97 Å². The molecular weight excluding hydrogens is 282 g/mol. The molecule has 0 unspecified atom stereocenters. The number of hydrogen-bond acceptors (Lipinski definition) is 7. The first-order chi connectivity index (χ1) is 10.5. The second kappa shape index (κ2) is 6.33. The average molecular weight is 293 g/mol. The predicted octanol–water partition coefficient (Wildman–Crippen LogP) is 2.20. The van der Waals surface area contributed by atoms with Crippen molar-refractivity contribution >= 4 is 17.5 Å².